The molecule has 1 heterocycles. The molecule has 46 valence electrons. The summed E-state index contributed by atoms with van der Waals surface area (Å²) in [7, 11) is 0. The van der Waals surface area contributed by atoms with Gasteiger partial charge in [-0.05, 0) is 6.07 Å². The number of hydroxylamine groups is 1. The summed E-state index contributed by atoms with van der Waals surface area (Å²) in [5.74, 6) is 0.956. The maximum absolute atomic E-state index is 5.05. The van der Waals surface area contributed by atoms with Crippen LogP contribution in [0.5, 0.6) is 5.75 Å². The van der Waals surface area contributed by atoms with Gasteiger partial charge in [0.05, 0.1) is 6.54 Å². The standard InChI is InChI=1S/C7H7NO/c1-2-4-7-6(3-1)5-8-9-7/h1-4,8H,5H2. The molecule has 0 saturated carbocycles. The molecule has 9 heavy (non-hydrogen) atoms. The molecule has 0 spiro atoms. The molecule has 0 aromatic heterocycles. The zero-order valence-electron chi connectivity index (χ0n) is 4.92. The van der Waals surface area contributed by atoms with Crippen LogP contribution in [0.25, 0.3) is 0 Å². The molecule has 0 radical (unpaired) electrons. The Kier molecular flexibility index (Phi) is 0.932. The van der Waals surface area contributed by atoms with E-state index in [1.54, 1.807) is 0 Å². The molecule has 0 amide bonds. The lowest BCUT2D eigenvalue weighted by atomic mass is 10.2. The first-order chi connectivity index (χ1) is 4.47. The van der Waals surface area contributed by atoms with E-state index in [0.29, 0.717) is 0 Å². The molecule has 1 aliphatic rings. The van der Waals surface area contributed by atoms with Crippen LogP contribution in [0.3, 0.4) is 0 Å². The summed E-state index contributed by atoms with van der Waals surface area (Å²) in [5.41, 5.74) is 4.02. The van der Waals surface area contributed by atoms with Crippen LogP contribution < -0.4 is 10.3 Å². The quantitative estimate of drug-likeness (QED) is 0.554. The highest BCUT2D eigenvalue weighted by atomic mass is 16.7. The van der Waals surface area contributed by atoms with Gasteiger partial charge in [0, 0.05) is 5.56 Å². The minimum absolute atomic E-state index is 0.830. The summed E-state index contributed by atoms with van der Waals surface area (Å²) in [6.45, 7) is 0.830. The third-order valence-electron chi connectivity index (χ3n) is 1.42. The van der Waals surface area contributed by atoms with Crippen molar-refractivity contribution in [2.75, 3.05) is 0 Å². The van der Waals surface area contributed by atoms with Crippen molar-refractivity contribution in [1.29, 1.82) is 0 Å². The Balaban J connectivity index is 2.54. The van der Waals surface area contributed by atoms with Crippen molar-refractivity contribution < 1.29 is 4.84 Å². The lowest BCUT2D eigenvalue weighted by molar-refractivity contribution is 0.224. The minimum atomic E-state index is 0.830. The number of para-hydroxylation sites is 1. The summed E-state index contributed by atoms with van der Waals surface area (Å²) in [6, 6.07) is 7.98. The Morgan fingerprint density at radius 1 is 1.33 bits per heavy atom. The van der Waals surface area contributed by atoms with Gasteiger partial charge in [0.25, 0.3) is 0 Å². The average Bonchev–Trinajstić information content (AvgIpc) is 2.33. The van der Waals surface area contributed by atoms with Gasteiger partial charge >= 0.3 is 0 Å². The Labute approximate surface area is 53.4 Å². The highest BCUT2D eigenvalue weighted by molar-refractivity contribution is 5.34. The van der Waals surface area contributed by atoms with Crippen LogP contribution in [0.2, 0.25) is 0 Å². The maximum atomic E-state index is 5.05. The Bertz CT molecular complexity index is 199. The van der Waals surface area contributed by atoms with Crippen molar-refractivity contribution in [3.05, 3.63) is 29.8 Å². The molecule has 0 aliphatic carbocycles. The molecule has 2 nitrogen and oxygen atoms in total. The number of benzene rings is 1. The molecule has 2 rings (SSSR count). The summed E-state index contributed by atoms with van der Waals surface area (Å²) >= 11 is 0. The fourth-order valence-corrected chi connectivity index (χ4v) is 0.941. The van der Waals surface area contributed by atoms with Gasteiger partial charge in [-0.3, -0.25) is 0 Å². The molecule has 0 atom stereocenters. The molecule has 0 fully saturated rings. The minimum Gasteiger partial charge on any atom is -0.408 e. The predicted molar refractivity (Wildman–Crippen MR) is 33.9 cm³/mol. The van der Waals surface area contributed by atoms with E-state index in [0.717, 1.165) is 12.3 Å². The predicted octanol–water partition coefficient (Wildman–Crippen LogP) is 1.08. The lowest BCUT2D eigenvalue weighted by Gasteiger charge is -1.91. The Morgan fingerprint density at radius 3 is 3.11 bits per heavy atom. The van der Waals surface area contributed by atoms with Gasteiger partial charge in [-0.25, -0.2) is 0 Å². The SMILES string of the molecule is c1ccc2c(c1)CNO2. The number of hydrogen-bond donors (Lipinski definition) is 1. The van der Waals surface area contributed by atoms with Crippen LogP contribution in [-0.2, 0) is 6.54 Å². The van der Waals surface area contributed by atoms with Gasteiger partial charge in [0.15, 0.2) is 5.75 Å². The summed E-state index contributed by atoms with van der Waals surface area (Å²) in [4.78, 5) is 5.05. The van der Waals surface area contributed by atoms with Gasteiger partial charge in [-0.1, -0.05) is 18.2 Å². The van der Waals surface area contributed by atoms with Crippen molar-refractivity contribution in [2.24, 2.45) is 0 Å². The molecular weight excluding hydrogens is 114 g/mol. The van der Waals surface area contributed by atoms with E-state index >= 15 is 0 Å². The lowest BCUT2D eigenvalue weighted by Crippen LogP contribution is -2.07. The summed E-state index contributed by atoms with van der Waals surface area (Å²) < 4.78 is 0. The summed E-state index contributed by atoms with van der Waals surface area (Å²) in [5, 5.41) is 0. The molecule has 1 aromatic rings. The molecule has 0 unspecified atom stereocenters. The van der Waals surface area contributed by atoms with Gasteiger partial charge in [0.2, 0.25) is 0 Å². The fourth-order valence-electron chi connectivity index (χ4n) is 0.941. The zero-order valence-corrected chi connectivity index (χ0v) is 4.92. The van der Waals surface area contributed by atoms with Crippen LogP contribution in [0.1, 0.15) is 5.56 Å². The van der Waals surface area contributed by atoms with Gasteiger partial charge in [-0.15, -0.1) is 0 Å². The second kappa shape index (κ2) is 1.74. The van der Waals surface area contributed by atoms with Crippen LogP contribution >= 0.6 is 0 Å². The monoisotopic (exact) mass is 121 g/mol. The fraction of sp³-hybridized carbons (Fsp3) is 0.143. The molecule has 2 heteroatoms. The van der Waals surface area contributed by atoms with Crippen LogP contribution in [0.4, 0.5) is 0 Å². The van der Waals surface area contributed by atoms with Crippen LogP contribution in [0.15, 0.2) is 24.3 Å². The Morgan fingerprint density at radius 2 is 2.22 bits per heavy atom. The van der Waals surface area contributed by atoms with E-state index in [4.69, 9.17) is 4.84 Å². The van der Waals surface area contributed by atoms with E-state index in [1.165, 1.54) is 5.56 Å². The number of fused-ring (bicyclic) bond motifs is 1. The molecule has 1 N–H and O–H groups in total. The van der Waals surface area contributed by atoms with Crippen molar-refractivity contribution in [3.8, 4) is 5.75 Å². The molecule has 0 saturated heterocycles. The normalized spacial score (nSPS) is 14.7. The summed E-state index contributed by atoms with van der Waals surface area (Å²) in [6.07, 6.45) is 0. The topological polar surface area (TPSA) is 21.3 Å². The molecule has 0 bridgehead atoms. The highest BCUT2D eigenvalue weighted by Gasteiger charge is 2.08. The van der Waals surface area contributed by atoms with Crippen molar-refractivity contribution in [2.45, 2.75) is 6.54 Å². The number of rotatable bonds is 0. The van der Waals surface area contributed by atoms with E-state index in [2.05, 4.69) is 11.5 Å². The van der Waals surface area contributed by atoms with Crippen LogP contribution in [0, 0.1) is 0 Å². The first kappa shape index (κ1) is 4.82. The molecule has 1 aliphatic heterocycles. The maximum Gasteiger partial charge on any atom is 0.151 e. The van der Waals surface area contributed by atoms with Crippen molar-refractivity contribution in [1.82, 2.24) is 5.48 Å². The van der Waals surface area contributed by atoms with E-state index in [1.807, 2.05) is 18.2 Å². The third kappa shape index (κ3) is 0.678. The van der Waals surface area contributed by atoms with Crippen molar-refractivity contribution >= 4 is 0 Å². The first-order valence-corrected chi connectivity index (χ1v) is 2.94. The number of hydrogen-bond acceptors (Lipinski definition) is 2. The van der Waals surface area contributed by atoms with Gasteiger partial charge < -0.3 is 4.84 Å². The molecule has 1 aromatic carbocycles. The largest absolute Gasteiger partial charge is 0.408 e. The second-order valence-electron chi connectivity index (χ2n) is 2.03. The van der Waals surface area contributed by atoms with Gasteiger partial charge in [-0.2, -0.15) is 5.48 Å². The average molecular weight is 121 g/mol. The smallest absolute Gasteiger partial charge is 0.151 e. The molecular formula is C7H7NO. The Hall–Kier alpha value is -1.02. The van der Waals surface area contributed by atoms with Crippen molar-refractivity contribution in [3.63, 3.8) is 0 Å². The van der Waals surface area contributed by atoms with E-state index in [-0.39, 0.29) is 0 Å². The van der Waals surface area contributed by atoms with Gasteiger partial charge in [0.1, 0.15) is 0 Å². The second-order valence-corrected chi connectivity index (χ2v) is 2.03. The van der Waals surface area contributed by atoms with Crippen LogP contribution in [-0.4, -0.2) is 0 Å². The number of nitrogens with one attached hydrogen (secondary N) is 1. The highest BCUT2D eigenvalue weighted by Crippen LogP contribution is 2.20. The van der Waals surface area contributed by atoms with E-state index in [9.17, 15) is 0 Å². The zero-order chi connectivity index (χ0) is 6.10. The first-order valence-electron chi connectivity index (χ1n) is 2.94. The van der Waals surface area contributed by atoms with E-state index < -0.39 is 0 Å². The third-order valence-corrected chi connectivity index (χ3v) is 1.42.